The van der Waals surface area contributed by atoms with Crippen molar-refractivity contribution in [2.24, 2.45) is 0 Å². The van der Waals surface area contributed by atoms with Crippen LogP contribution in [0.1, 0.15) is 6.92 Å². The highest BCUT2D eigenvalue weighted by Gasteiger charge is 2.14. The Balaban J connectivity index is 2.76. The Morgan fingerprint density at radius 1 is 1.07 bits per heavy atom. The lowest BCUT2D eigenvalue weighted by Crippen LogP contribution is -2.23. The Hall–Kier alpha value is -1.26. The molecule has 1 rings (SSSR count). The summed E-state index contributed by atoms with van der Waals surface area (Å²) in [5.74, 6) is -1.59. The number of nitrogens with one attached hydrogen (secondary N) is 1. The van der Waals surface area contributed by atoms with Gasteiger partial charge < -0.3 is 5.32 Å². The largest absolute Gasteiger partial charge is 0.377 e. The number of rotatable bonds is 3. The Morgan fingerprint density at radius 2 is 1.57 bits per heavy atom. The van der Waals surface area contributed by atoms with Crippen molar-refractivity contribution in [1.29, 1.82) is 0 Å². The number of halogens is 4. The lowest BCUT2D eigenvalue weighted by molar-refractivity contribution is 0.130. The summed E-state index contributed by atoms with van der Waals surface area (Å²) < 4.78 is 49.4. The Bertz CT molecular complexity index is 293. The van der Waals surface area contributed by atoms with E-state index in [-0.39, 0.29) is 5.69 Å². The molecule has 0 aliphatic carbocycles. The molecule has 1 nitrogen and oxygen atoms in total. The van der Waals surface area contributed by atoms with E-state index in [0.717, 1.165) is 12.1 Å². The van der Waals surface area contributed by atoms with Gasteiger partial charge in [0.25, 0.3) is 6.43 Å². The van der Waals surface area contributed by atoms with Crippen molar-refractivity contribution in [3.05, 3.63) is 29.8 Å². The third-order valence-corrected chi connectivity index (χ3v) is 1.63. The first-order valence-electron chi connectivity index (χ1n) is 4.00. The zero-order valence-corrected chi connectivity index (χ0v) is 7.40. The fourth-order valence-electron chi connectivity index (χ4n) is 0.963. The smallest absolute Gasteiger partial charge is 0.258 e. The summed E-state index contributed by atoms with van der Waals surface area (Å²) in [6.07, 6.45) is -2.58. The van der Waals surface area contributed by atoms with Crippen molar-refractivity contribution < 1.29 is 17.6 Å². The highest BCUT2D eigenvalue weighted by molar-refractivity contribution is 5.44. The topological polar surface area (TPSA) is 12.0 Å². The maximum absolute atomic E-state index is 12.6. The average Bonchev–Trinajstić information content (AvgIpc) is 2.01. The number of benzene rings is 1. The first-order chi connectivity index (χ1) is 6.49. The molecule has 78 valence electrons. The fraction of sp³-hybridized carbons (Fsp3) is 0.333. The van der Waals surface area contributed by atoms with Crippen LogP contribution in [-0.4, -0.2) is 12.5 Å². The standard InChI is InChI=1S/C9H9F4N/c1-5(9(12)13)14-8-3-6(10)2-7(11)4-8/h2-5,9,14H,1H3. The predicted octanol–water partition coefficient (Wildman–Crippen LogP) is 3.03. The van der Waals surface area contributed by atoms with E-state index in [4.69, 9.17) is 0 Å². The van der Waals surface area contributed by atoms with Gasteiger partial charge in [-0.25, -0.2) is 17.6 Å². The van der Waals surface area contributed by atoms with Crippen LogP contribution in [0.25, 0.3) is 0 Å². The Kier molecular flexibility index (Phi) is 3.33. The second kappa shape index (κ2) is 4.30. The van der Waals surface area contributed by atoms with Gasteiger partial charge in [-0.15, -0.1) is 0 Å². The Morgan fingerprint density at radius 3 is 2.00 bits per heavy atom. The first-order valence-corrected chi connectivity index (χ1v) is 4.00. The van der Waals surface area contributed by atoms with Crippen LogP contribution in [0.3, 0.4) is 0 Å². The second-order valence-corrected chi connectivity index (χ2v) is 2.93. The molecule has 0 saturated heterocycles. The van der Waals surface area contributed by atoms with Crippen LogP contribution >= 0.6 is 0 Å². The van der Waals surface area contributed by atoms with Gasteiger partial charge in [0, 0.05) is 11.8 Å². The van der Waals surface area contributed by atoms with E-state index in [2.05, 4.69) is 5.32 Å². The van der Waals surface area contributed by atoms with Crippen molar-refractivity contribution in [1.82, 2.24) is 0 Å². The fourth-order valence-corrected chi connectivity index (χ4v) is 0.963. The molecule has 0 spiro atoms. The summed E-state index contributed by atoms with van der Waals surface area (Å²) in [6, 6.07) is 1.46. The lowest BCUT2D eigenvalue weighted by Gasteiger charge is -2.13. The number of hydrogen-bond acceptors (Lipinski definition) is 1. The third-order valence-electron chi connectivity index (χ3n) is 1.63. The van der Waals surface area contributed by atoms with E-state index in [1.807, 2.05) is 0 Å². The molecule has 0 fully saturated rings. The van der Waals surface area contributed by atoms with Crippen molar-refractivity contribution in [2.45, 2.75) is 19.4 Å². The van der Waals surface area contributed by atoms with Gasteiger partial charge in [0.1, 0.15) is 11.6 Å². The normalized spacial score (nSPS) is 13.0. The third kappa shape index (κ3) is 2.90. The summed E-state index contributed by atoms with van der Waals surface area (Å²) in [5, 5.41) is 2.29. The van der Waals surface area contributed by atoms with Crippen molar-refractivity contribution in [2.75, 3.05) is 5.32 Å². The highest BCUT2D eigenvalue weighted by Crippen LogP contribution is 2.15. The first kappa shape index (κ1) is 10.8. The molecule has 0 aliphatic heterocycles. The predicted molar refractivity (Wildman–Crippen MR) is 45.4 cm³/mol. The molecule has 1 unspecified atom stereocenters. The molecule has 0 heterocycles. The monoisotopic (exact) mass is 207 g/mol. The molecule has 14 heavy (non-hydrogen) atoms. The van der Waals surface area contributed by atoms with Crippen molar-refractivity contribution >= 4 is 5.69 Å². The van der Waals surface area contributed by atoms with E-state index in [9.17, 15) is 17.6 Å². The Labute approximate surface area is 78.7 Å². The summed E-state index contributed by atoms with van der Waals surface area (Å²) in [4.78, 5) is 0. The van der Waals surface area contributed by atoms with Crippen LogP contribution in [0.4, 0.5) is 23.2 Å². The minimum atomic E-state index is -2.58. The number of hydrogen-bond donors (Lipinski definition) is 1. The van der Waals surface area contributed by atoms with Gasteiger partial charge in [-0.2, -0.15) is 0 Å². The number of alkyl halides is 2. The van der Waals surface area contributed by atoms with Gasteiger partial charge in [0.05, 0.1) is 6.04 Å². The molecule has 1 aromatic rings. The molecule has 1 atom stereocenters. The van der Waals surface area contributed by atoms with Crippen LogP contribution < -0.4 is 5.32 Å². The molecule has 5 heteroatoms. The molecule has 0 aromatic heterocycles. The second-order valence-electron chi connectivity index (χ2n) is 2.93. The van der Waals surface area contributed by atoms with Gasteiger partial charge in [-0.1, -0.05) is 0 Å². The minimum absolute atomic E-state index is 0.00954. The van der Waals surface area contributed by atoms with Gasteiger partial charge in [-0.3, -0.25) is 0 Å². The molecule has 1 N–H and O–H groups in total. The molecule has 0 radical (unpaired) electrons. The van der Waals surface area contributed by atoms with Gasteiger partial charge in [0.15, 0.2) is 0 Å². The molecule has 1 aromatic carbocycles. The maximum Gasteiger partial charge on any atom is 0.258 e. The summed E-state index contributed by atoms with van der Waals surface area (Å²) in [7, 11) is 0. The van der Waals surface area contributed by atoms with Gasteiger partial charge in [-0.05, 0) is 19.1 Å². The van der Waals surface area contributed by atoms with Crippen LogP contribution in [0.2, 0.25) is 0 Å². The van der Waals surface area contributed by atoms with Crippen LogP contribution in [-0.2, 0) is 0 Å². The molecule has 0 bridgehead atoms. The average molecular weight is 207 g/mol. The summed E-state index contributed by atoms with van der Waals surface area (Å²) in [5.41, 5.74) is 0.00954. The zero-order valence-electron chi connectivity index (χ0n) is 7.40. The summed E-state index contributed by atoms with van der Waals surface area (Å²) in [6.45, 7) is 1.23. The van der Waals surface area contributed by atoms with Crippen LogP contribution in [0.5, 0.6) is 0 Å². The van der Waals surface area contributed by atoms with Gasteiger partial charge >= 0.3 is 0 Å². The molecular formula is C9H9F4N. The van der Waals surface area contributed by atoms with E-state index >= 15 is 0 Å². The van der Waals surface area contributed by atoms with E-state index in [1.54, 1.807) is 0 Å². The number of anilines is 1. The zero-order chi connectivity index (χ0) is 10.7. The van der Waals surface area contributed by atoms with E-state index in [1.165, 1.54) is 6.92 Å². The summed E-state index contributed by atoms with van der Waals surface area (Å²) >= 11 is 0. The highest BCUT2D eigenvalue weighted by atomic mass is 19.3. The van der Waals surface area contributed by atoms with Crippen LogP contribution in [0, 0.1) is 11.6 Å². The van der Waals surface area contributed by atoms with Crippen molar-refractivity contribution in [3.8, 4) is 0 Å². The van der Waals surface area contributed by atoms with E-state index in [0.29, 0.717) is 6.07 Å². The van der Waals surface area contributed by atoms with E-state index < -0.39 is 24.1 Å². The lowest BCUT2D eigenvalue weighted by atomic mass is 10.2. The molecule has 0 saturated carbocycles. The van der Waals surface area contributed by atoms with Crippen molar-refractivity contribution in [3.63, 3.8) is 0 Å². The SMILES string of the molecule is CC(Nc1cc(F)cc(F)c1)C(F)F. The van der Waals surface area contributed by atoms with Crippen LogP contribution in [0.15, 0.2) is 18.2 Å². The quantitative estimate of drug-likeness (QED) is 0.751. The molecular weight excluding hydrogens is 198 g/mol. The molecule has 0 amide bonds. The van der Waals surface area contributed by atoms with Gasteiger partial charge in [0.2, 0.25) is 0 Å². The maximum atomic E-state index is 12.6. The minimum Gasteiger partial charge on any atom is -0.377 e. The molecule has 0 aliphatic rings.